The first-order chi connectivity index (χ1) is 17.5. The van der Waals surface area contributed by atoms with Crippen molar-refractivity contribution in [3.8, 4) is 5.75 Å². The van der Waals surface area contributed by atoms with E-state index >= 15 is 0 Å². The normalized spacial score (nSPS) is 14.5. The average Bonchev–Trinajstić information content (AvgIpc) is 3.31. The van der Waals surface area contributed by atoms with E-state index in [1.54, 1.807) is 0 Å². The van der Waals surface area contributed by atoms with E-state index in [2.05, 4.69) is 87.2 Å². The molecule has 1 atom stereocenters. The standard InChI is InChI=1S/C28H33N7O/c1-18-8-9-20(14-22(18)17-35-12-13-36-26-7-5-4-6-21(26)16-35)24(15-27-31-33-34-32-27)23-10-11-25(30-3)28(29)19(23)2/h4-11,14,24,30H,12-13,15-17,29H2,1-3H3,(H,31,32,33,34). The molecule has 4 aromatic rings. The predicted molar refractivity (Wildman–Crippen MR) is 142 cm³/mol. The minimum absolute atomic E-state index is 0.0448. The molecule has 4 N–H and O–H groups in total. The molecular formula is C28H33N7O. The van der Waals surface area contributed by atoms with Gasteiger partial charge in [0.2, 0.25) is 0 Å². The van der Waals surface area contributed by atoms with E-state index in [0.29, 0.717) is 18.9 Å². The van der Waals surface area contributed by atoms with Crippen molar-refractivity contribution < 1.29 is 4.74 Å². The second-order valence-electron chi connectivity index (χ2n) is 9.43. The van der Waals surface area contributed by atoms with Crippen LogP contribution in [0.25, 0.3) is 0 Å². The third kappa shape index (κ3) is 4.90. The number of nitrogens with one attached hydrogen (secondary N) is 2. The maximum absolute atomic E-state index is 6.48. The molecule has 0 amide bonds. The summed E-state index contributed by atoms with van der Waals surface area (Å²) in [7, 11) is 1.89. The third-order valence-electron chi connectivity index (χ3n) is 7.18. The van der Waals surface area contributed by atoms with Gasteiger partial charge < -0.3 is 15.8 Å². The Morgan fingerprint density at radius 3 is 2.81 bits per heavy atom. The molecule has 0 aliphatic carbocycles. The molecule has 0 bridgehead atoms. The summed E-state index contributed by atoms with van der Waals surface area (Å²) in [4.78, 5) is 2.46. The van der Waals surface area contributed by atoms with Crippen LogP contribution in [0.15, 0.2) is 54.6 Å². The summed E-state index contributed by atoms with van der Waals surface area (Å²) in [6.07, 6.45) is 0.628. The van der Waals surface area contributed by atoms with Gasteiger partial charge in [0.25, 0.3) is 0 Å². The number of rotatable bonds is 7. The van der Waals surface area contributed by atoms with Crippen molar-refractivity contribution in [1.82, 2.24) is 25.5 Å². The van der Waals surface area contributed by atoms with E-state index in [1.807, 2.05) is 19.2 Å². The highest BCUT2D eigenvalue weighted by Crippen LogP contribution is 2.36. The van der Waals surface area contributed by atoms with Gasteiger partial charge >= 0.3 is 0 Å². The number of hydrogen-bond donors (Lipinski definition) is 3. The molecule has 1 aliphatic heterocycles. The fourth-order valence-corrected chi connectivity index (χ4v) is 5.03. The number of fused-ring (bicyclic) bond motifs is 1. The number of benzene rings is 3. The highest BCUT2D eigenvalue weighted by Gasteiger charge is 2.23. The molecule has 0 spiro atoms. The summed E-state index contributed by atoms with van der Waals surface area (Å²) in [5.41, 5.74) is 15.5. The second-order valence-corrected chi connectivity index (χ2v) is 9.43. The minimum atomic E-state index is 0.0448. The fraction of sp³-hybridized carbons (Fsp3) is 0.321. The summed E-state index contributed by atoms with van der Waals surface area (Å²) in [5, 5.41) is 18.0. The van der Waals surface area contributed by atoms with Crippen LogP contribution in [0, 0.1) is 13.8 Å². The van der Waals surface area contributed by atoms with Crippen LogP contribution in [0.2, 0.25) is 0 Å². The van der Waals surface area contributed by atoms with Crippen LogP contribution in [-0.4, -0.2) is 45.7 Å². The van der Waals surface area contributed by atoms with Crippen LogP contribution >= 0.6 is 0 Å². The highest BCUT2D eigenvalue weighted by molar-refractivity contribution is 5.72. The zero-order valence-corrected chi connectivity index (χ0v) is 21.1. The van der Waals surface area contributed by atoms with E-state index in [9.17, 15) is 0 Å². The summed E-state index contributed by atoms with van der Waals surface area (Å²) >= 11 is 0. The molecule has 8 heteroatoms. The molecule has 0 fully saturated rings. The number of aromatic amines is 1. The maximum Gasteiger partial charge on any atom is 0.175 e. The van der Waals surface area contributed by atoms with E-state index in [4.69, 9.17) is 10.5 Å². The van der Waals surface area contributed by atoms with Crippen LogP contribution in [-0.2, 0) is 19.5 Å². The van der Waals surface area contributed by atoms with Crippen LogP contribution in [0.1, 0.15) is 45.1 Å². The van der Waals surface area contributed by atoms with Gasteiger partial charge in [0.1, 0.15) is 12.4 Å². The summed E-state index contributed by atoms with van der Waals surface area (Å²) in [6, 6.07) is 19.3. The quantitative estimate of drug-likeness (QED) is 0.338. The van der Waals surface area contributed by atoms with Gasteiger partial charge in [-0.25, -0.2) is 0 Å². The van der Waals surface area contributed by atoms with Crippen LogP contribution in [0.4, 0.5) is 11.4 Å². The Morgan fingerprint density at radius 2 is 2.00 bits per heavy atom. The molecule has 0 saturated heterocycles. The number of nitrogen functional groups attached to an aromatic ring is 1. The monoisotopic (exact) mass is 483 g/mol. The van der Waals surface area contributed by atoms with Gasteiger partial charge in [0, 0.05) is 44.6 Å². The fourth-order valence-electron chi connectivity index (χ4n) is 5.03. The van der Waals surface area contributed by atoms with Gasteiger partial charge in [-0.1, -0.05) is 47.7 Å². The number of para-hydroxylation sites is 1. The highest BCUT2D eigenvalue weighted by atomic mass is 16.5. The molecule has 1 aromatic heterocycles. The number of anilines is 2. The summed E-state index contributed by atoms with van der Waals surface area (Å²) in [6.45, 7) is 7.55. The summed E-state index contributed by atoms with van der Waals surface area (Å²) < 4.78 is 5.99. The van der Waals surface area contributed by atoms with E-state index in [-0.39, 0.29) is 5.92 Å². The zero-order chi connectivity index (χ0) is 25.1. The molecule has 1 unspecified atom stereocenters. The molecule has 36 heavy (non-hydrogen) atoms. The summed E-state index contributed by atoms with van der Waals surface area (Å²) in [5.74, 6) is 1.71. The molecule has 8 nitrogen and oxygen atoms in total. The first kappa shape index (κ1) is 23.8. The molecule has 0 saturated carbocycles. The number of aromatic nitrogens is 4. The van der Waals surface area contributed by atoms with Gasteiger partial charge in [-0.15, -0.1) is 10.2 Å². The Bertz CT molecular complexity index is 1340. The lowest BCUT2D eigenvalue weighted by Crippen LogP contribution is -2.25. The molecule has 3 aromatic carbocycles. The van der Waals surface area contributed by atoms with E-state index < -0.39 is 0 Å². The average molecular weight is 484 g/mol. The van der Waals surface area contributed by atoms with Crippen molar-refractivity contribution >= 4 is 11.4 Å². The number of nitrogens with zero attached hydrogens (tertiary/aromatic N) is 4. The van der Waals surface area contributed by atoms with Crippen LogP contribution in [0.5, 0.6) is 5.75 Å². The van der Waals surface area contributed by atoms with Gasteiger partial charge in [0.15, 0.2) is 5.82 Å². The second kappa shape index (κ2) is 10.4. The van der Waals surface area contributed by atoms with Crippen molar-refractivity contribution in [2.45, 2.75) is 39.3 Å². The molecule has 1 aliphatic rings. The first-order valence-corrected chi connectivity index (χ1v) is 12.3. The Kier molecular flexibility index (Phi) is 6.86. The van der Waals surface area contributed by atoms with Gasteiger partial charge in [0.05, 0.1) is 11.4 Å². The Hall–Kier alpha value is -3.91. The van der Waals surface area contributed by atoms with Gasteiger partial charge in [-0.05, 0) is 53.8 Å². The van der Waals surface area contributed by atoms with E-state index in [1.165, 1.54) is 27.8 Å². The van der Waals surface area contributed by atoms with Crippen LogP contribution < -0.4 is 15.8 Å². The van der Waals surface area contributed by atoms with Gasteiger partial charge in [-0.3, -0.25) is 4.90 Å². The first-order valence-electron chi connectivity index (χ1n) is 12.3. The van der Waals surface area contributed by atoms with Crippen molar-refractivity contribution in [1.29, 1.82) is 0 Å². The van der Waals surface area contributed by atoms with E-state index in [0.717, 1.165) is 42.3 Å². The smallest absolute Gasteiger partial charge is 0.175 e. The third-order valence-corrected chi connectivity index (χ3v) is 7.18. The lowest BCUT2D eigenvalue weighted by molar-refractivity contribution is 0.219. The SMILES string of the molecule is CNc1ccc(C(Cc2nn[nH]n2)c2ccc(C)c(CN3CCOc4ccccc4C3)c2)c(C)c1N. The molecular weight excluding hydrogens is 450 g/mol. The number of H-pyrrole nitrogens is 1. The van der Waals surface area contributed by atoms with Crippen molar-refractivity contribution in [2.24, 2.45) is 0 Å². The number of nitrogens with two attached hydrogens (primary N) is 1. The minimum Gasteiger partial charge on any atom is -0.492 e. The molecule has 0 radical (unpaired) electrons. The number of aryl methyl sites for hydroxylation is 1. The number of hydrogen-bond acceptors (Lipinski definition) is 7. The Labute approximate surface area is 211 Å². The predicted octanol–water partition coefficient (Wildman–Crippen LogP) is 4.21. The number of ether oxygens (including phenoxy) is 1. The van der Waals surface area contributed by atoms with Crippen molar-refractivity contribution in [3.05, 3.63) is 93.8 Å². The lowest BCUT2D eigenvalue weighted by Gasteiger charge is -2.24. The molecule has 5 rings (SSSR count). The van der Waals surface area contributed by atoms with Crippen LogP contribution in [0.3, 0.4) is 0 Å². The number of tetrazole rings is 1. The Balaban J connectivity index is 1.48. The molecule has 186 valence electrons. The zero-order valence-electron chi connectivity index (χ0n) is 21.1. The Morgan fingerprint density at radius 1 is 1.14 bits per heavy atom. The largest absolute Gasteiger partial charge is 0.492 e. The topological polar surface area (TPSA) is 105 Å². The molecule has 2 heterocycles. The maximum atomic E-state index is 6.48. The van der Waals surface area contributed by atoms with Crippen molar-refractivity contribution in [3.63, 3.8) is 0 Å². The van der Waals surface area contributed by atoms with Gasteiger partial charge in [-0.2, -0.15) is 5.21 Å². The van der Waals surface area contributed by atoms with Crippen molar-refractivity contribution in [2.75, 3.05) is 31.2 Å². The lowest BCUT2D eigenvalue weighted by atomic mass is 9.84.